The fourth-order valence-electron chi connectivity index (χ4n) is 4.54. The summed E-state index contributed by atoms with van der Waals surface area (Å²) in [5, 5.41) is 9.82. The zero-order valence-electron chi connectivity index (χ0n) is 16.0. The minimum Gasteiger partial charge on any atom is -0.201 e. The molecule has 4 rings (SSSR count). The molecule has 0 radical (unpaired) electrons. The van der Waals surface area contributed by atoms with Gasteiger partial charge in [-0.2, -0.15) is 5.26 Å². The molecule has 3 aromatic rings. The monoisotopic (exact) mass is 339 g/mol. The molecule has 2 heteroatoms. The Morgan fingerprint density at radius 2 is 1.54 bits per heavy atom. The first-order valence-corrected chi connectivity index (χ1v) is 9.01. The molecule has 0 aliphatic heterocycles. The van der Waals surface area contributed by atoms with E-state index in [1.807, 2.05) is 6.92 Å². The van der Waals surface area contributed by atoms with Gasteiger partial charge >= 0.3 is 0 Å². The molecule has 128 valence electrons. The second-order valence-electron chi connectivity index (χ2n) is 7.79. The van der Waals surface area contributed by atoms with Gasteiger partial charge in [0.15, 0.2) is 6.20 Å². The molecule has 0 amide bonds. The van der Waals surface area contributed by atoms with Gasteiger partial charge < -0.3 is 0 Å². The van der Waals surface area contributed by atoms with Gasteiger partial charge in [-0.25, -0.2) is 4.57 Å². The van der Waals surface area contributed by atoms with Crippen LogP contribution < -0.4 is 4.57 Å². The SMILES string of the molecule is Cc1ccc2c(c1C#N)C(C)(C)c1c-2ccc(C)c1-c1cccc[n+]1C. The zero-order chi connectivity index (χ0) is 18.6. The minimum absolute atomic E-state index is 0.216. The average molecular weight is 339 g/mol. The summed E-state index contributed by atoms with van der Waals surface area (Å²) in [6.45, 7) is 8.72. The second kappa shape index (κ2) is 5.54. The van der Waals surface area contributed by atoms with Crippen LogP contribution >= 0.6 is 0 Å². The summed E-state index contributed by atoms with van der Waals surface area (Å²) in [5.74, 6) is 0. The van der Waals surface area contributed by atoms with Crippen molar-refractivity contribution in [2.75, 3.05) is 0 Å². The topological polar surface area (TPSA) is 27.7 Å². The van der Waals surface area contributed by atoms with Gasteiger partial charge in [0.05, 0.1) is 17.2 Å². The summed E-state index contributed by atoms with van der Waals surface area (Å²) in [6, 6.07) is 17.5. The van der Waals surface area contributed by atoms with Crippen LogP contribution in [0, 0.1) is 25.2 Å². The Morgan fingerprint density at radius 1 is 0.885 bits per heavy atom. The van der Waals surface area contributed by atoms with Gasteiger partial charge in [0, 0.05) is 17.5 Å². The highest BCUT2D eigenvalue weighted by Crippen LogP contribution is 2.53. The molecule has 1 aromatic heterocycles. The molecule has 1 aliphatic carbocycles. The molecule has 0 N–H and O–H groups in total. The van der Waals surface area contributed by atoms with Crippen LogP contribution in [0.1, 0.15) is 41.7 Å². The second-order valence-corrected chi connectivity index (χ2v) is 7.79. The zero-order valence-corrected chi connectivity index (χ0v) is 16.0. The fourth-order valence-corrected chi connectivity index (χ4v) is 4.54. The number of hydrogen-bond donors (Lipinski definition) is 0. The number of aryl methyl sites for hydroxylation is 3. The Labute approximate surface area is 155 Å². The van der Waals surface area contributed by atoms with Crippen LogP contribution in [-0.2, 0) is 12.5 Å². The van der Waals surface area contributed by atoms with Gasteiger partial charge in [-0.3, -0.25) is 0 Å². The van der Waals surface area contributed by atoms with Gasteiger partial charge in [0.25, 0.3) is 0 Å². The van der Waals surface area contributed by atoms with Crippen LogP contribution in [0.5, 0.6) is 0 Å². The largest absolute Gasteiger partial charge is 0.212 e. The number of pyridine rings is 1. The average Bonchev–Trinajstić information content (AvgIpc) is 2.84. The molecule has 0 saturated carbocycles. The number of aromatic nitrogens is 1. The highest BCUT2D eigenvalue weighted by atomic mass is 14.9. The van der Waals surface area contributed by atoms with E-state index in [2.05, 4.69) is 87.1 Å². The van der Waals surface area contributed by atoms with Crippen LogP contribution in [-0.4, -0.2) is 0 Å². The summed E-state index contributed by atoms with van der Waals surface area (Å²) < 4.78 is 2.18. The summed E-state index contributed by atoms with van der Waals surface area (Å²) >= 11 is 0. The van der Waals surface area contributed by atoms with E-state index in [4.69, 9.17) is 0 Å². The molecule has 2 nitrogen and oxygen atoms in total. The smallest absolute Gasteiger partial charge is 0.201 e. The first-order valence-electron chi connectivity index (χ1n) is 9.01. The Balaban J connectivity index is 2.14. The molecule has 1 aliphatic rings. The lowest BCUT2D eigenvalue weighted by atomic mass is 9.76. The number of nitriles is 1. The first kappa shape index (κ1) is 16.5. The molecule has 0 spiro atoms. The molecule has 0 bridgehead atoms. The third-order valence-electron chi connectivity index (χ3n) is 5.79. The summed E-state index contributed by atoms with van der Waals surface area (Å²) in [6.07, 6.45) is 2.09. The van der Waals surface area contributed by atoms with Gasteiger partial charge in [0.2, 0.25) is 5.69 Å². The van der Waals surface area contributed by atoms with Crippen molar-refractivity contribution in [3.05, 3.63) is 76.5 Å². The van der Waals surface area contributed by atoms with Crippen LogP contribution in [0.25, 0.3) is 22.4 Å². The first-order chi connectivity index (χ1) is 12.4. The molecule has 26 heavy (non-hydrogen) atoms. The maximum absolute atomic E-state index is 9.82. The number of nitrogens with zero attached hydrogens (tertiary/aromatic N) is 2. The Kier molecular flexibility index (Phi) is 3.53. The van der Waals surface area contributed by atoms with Gasteiger partial charge in [-0.1, -0.05) is 38.1 Å². The quantitative estimate of drug-likeness (QED) is 0.575. The van der Waals surface area contributed by atoms with Crippen LogP contribution in [0.2, 0.25) is 0 Å². The Hall–Kier alpha value is -2.92. The van der Waals surface area contributed by atoms with E-state index in [0.717, 1.165) is 11.1 Å². The van der Waals surface area contributed by atoms with Crippen molar-refractivity contribution >= 4 is 0 Å². The lowest BCUT2D eigenvalue weighted by Crippen LogP contribution is -2.31. The normalized spacial score (nSPS) is 13.8. The third-order valence-corrected chi connectivity index (χ3v) is 5.79. The lowest BCUT2D eigenvalue weighted by Gasteiger charge is -2.25. The molecule has 0 fully saturated rings. The van der Waals surface area contributed by atoms with E-state index < -0.39 is 0 Å². The number of benzene rings is 2. The van der Waals surface area contributed by atoms with Crippen LogP contribution in [0.3, 0.4) is 0 Å². The van der Waals surface area contributed by atoms with E-state index >= 15 is 0 Å². The maximum atomic E-state index is 9.82. The van der Waals surface area contributed by atoms with Gasteiger partial charge in [0.1, 0.15) is 7.05 Å². The van der Waals surface area contributed by atoms with Gasteiger partial charge in [-0.05, 0) is 53.3 Å². The van der Waals surface area contributed by atoms with E-state index in [0.29, 0.717) is 0 Å². The molecular weight excluding hydrogens is 316 g/mol. The molecule has 0 saturated heterocycles. The molecular formula is C24H23N2+. The molecule has 2 aromatic carbocycles. The minimum atomic E-state index is -0.216. The van der Waals surface area contributed by atoms with E-state index in [9.17, 15) is 5.26 Å². The van der Waals surface area contributed by atoms with Gasteiger partial charge in [-0.15, -0.1) is 0 Å². The highest BCUT2D eigenvalue weighted by Gasteiger charge is 2.41. The lowest BCUT2D eigenvalue weighted by molar-refractivity contribution is -0.660. The molecule has 0 atom stereocenters. The number of rotatable bonds is 1. The number of hydrogen-bond acceptors (Lipinski definition) is 1. The third kappa shape index (κ3) is 2.07. The van der Waals surface area contributed by atoms with Crippen molar-refractivity contribution < 1.29 is 4.57 Å². The van der Waals surface area contributed by atoms with Crippen molar-refractivity contribution in [2.24, 2.45) is 7.05 Å². The van der Waals surface area contributed by atoms with Crippen molar-refractivity contribution in [1.29, 1.82) is 5.26 Å². The Morgan fingerprint density at radius 3 is 2.19 bits per heavy atom. The van der Waals surface area contributed by atoms with Crippen molar-refractivity contribution in [3.63, 3.8) is 0 Å². The van der Waals surface area contributed by atoms with Crippen molar-refractivity contribution in [2.45, 2.75) is 33.1 Å². The van der Waals surface area contributed by atoms with Crippen molar-refractivity contribution in [3.8, 4) is 28.5 Å². The predicted molar refractivity (Wildman–Crippen MR) is 105 cm³/mol. The fraction of sp³-hybridized carbons (Fsp3) is 0.250. The van der Waals surface area contributed by atoms with Crippen molar-refractivity contribution in [1.82, 2.24) is 0 Å². The summed E-state index contributed by atoms with van der Waals surface area (Å²) in [7, 11) is 2.09. The van der Waals surface area contributed by atoms with E-state index in [1.165, 1.54) is 39.1 Å². The van der Waals surface area contributed by atoms with E-state index in [-0.39, 0.29) is 5.41 Å². The highest BCUT2D eigenvalue weighted by molar-refractivity contribution is 5.90. The van der Waals surface area contributed by atoms with Crippen LogP contribution in [0.4, 0.5) is 0 Å². The Bertz CT molecular complexity index is 1100. The standard InChI is InChI=1S/C24H23N2/c1-15-9-11-17-18-12-10-16(2)21(20-8-6-7-13-26(20)5)23(18)24(3,4)22(17)19(15)14-25/h6-13H,1-5H3/q+1. The molecule has 1 heterocycles. The maximum Gasteiger partial charge on any atom is 0.212 e. The summed E-state index contributed by atoms with van der Waals surface area (Å²) in [5.41, 5.74) is 10.4. The molecule has 0 unspecified atom stereocenters. The predicted octanol–water partition coefficient (Wildman–Crippen LogP) is 4.97. The van der Waals surface area contributed by atoms with E-state index in [1.54, 1.807) is 0 Å². The summed E-state index contributed by atoms with van der Waals surface area (Å²) in [4.78, 5) is 0. The number of fused-ring (bicyclic) bond motifs is 3. The van der Waals surface area contributed by atoms with Crippen LogP contribution in [0.15, 0.2) is 48.7 Å².